The van der Waals surface area contributed by atoms with Gasteiger partial charge in [-0.1, -0.05) is 32.0 Å². The van der Waals surface area contributed by atoms with E-state index in [9.17, 15) is 9.90 Å². The molecule has 0 saturated carbocycles. The summed E-state index contributed by atoms with van der Waals surface area (Å²) < 4.78 is 16.3. The number of hydrogen-bond donors (Lipinski definition) is 1. The molecule has 132 valence electrons. The van der Waals surface area contributed by atoms with Crippen molar-refractivity contribution in [2.45, 2.75) is 26.2 Å². The maximum absolute atomic E-state index is 11.8. The van der Waals surface area contributed by atoms with E-state index in [1.54, 1.807) is 18.2 Å². The Morgan fingerprint density at radius 2 is 1.84 bits per heavy atom. The van der Waals surface area contributed by atoms with Gasteiger partial charge in [-0.15, -0.1) is 0 Å². The largest absolute Gasteiger partial charge is 0.493 e. The van der Waals surface area contributed by atoms with Gasteiger partial charge in [0.2, 0.25) is 6.79 Å². The van der Waals surface area contributed by atoms with Gasteiger partial charge in [0.15, 0.2) is 11.5 Å². The van der Waals surface area contributed by atoms with Gasteiger partial charge in [0.05, 0.1) is 12.5 Å². The molecule has 1 aliphatic rings. The van der Waals surface area contributed by atoms with E-state index in [0.717, 1.165) is 11.3 Å². The predicted octanol–water partition coefficient (Wildman–Crippen LogP) is 3.86. The van der Waals surface area contributed by atoms with Crippen LogP contribution in [-0.4, -0.2) is 24.5 Å². The topological polar surface area (TPSA) is 65.0 Å². The Balaban J connectivity index is 1.73. The standard InChI is InChI=1S/C20H22O5/c1-13(2)11-23-16-6-3-14(4-7-16)9-17(20(21)22)15-5-8-18-19(10-15)25-12-24-18/h3-8,10,13,17H,9,11-12H2,1-2H3,(H,21,22). The quantitative estimate of drug-likeness (QED) is 0.828. The van der Waals surface area contributed by atoms with Crippen molar-refractivity contribution in [2.75, 3.05) is 13.4 Å². The summed E-state index contributed by atoms with van der Waals surface area (Å²) in [6.07, 6.45) is 0.402. The van der Waals surface area contributed by atoms with E-state index in [1.807, 2.05) is 24.3 Å². The number of benzene rings is 2. The molecule has 0 amide bonds. The van der Waals surface area contributed by atoms with Gasteiger partial charge in [0.1, 0.15) is 5.75 Å². The molecule has 25 heavy (non-hydrogen) atoms. The molecule has 0 aliphatic carbocycles. The Hall–Kier alpha value is -2.69. The van der Waals surface area contributed by atoms with Crippen LogP contribution in [0.15, 0.2) is 42.5 Å². The number of ether oxygens (including phenoxy) is 3. The summed E-state index contributed by atoms with van der Waals surface area (Å²) >= 11 is 0. The number of carboxylic acids is 1. The molecule has 1 atom stereocenters. The molecule has 5 heteroatoms. The predicted molar refractivity (Wildman–Crippen MR) is 93.4 cm³/mol. The maximum Gasteiger partial charge on any atom is 0.311 e. The van der Waals surface area contributed by atoms with Gasteiger partial charge in [-0.3, -0.25) is 4.79 Å². The highest BCUT2D eigenvalue weighted by molar-refractivity contribution is 5.77. The molecular formula is C20H22O5. The monoisotopic (exact) mass is 342 g/mol. The molecular weight excluding hydrogens is 320 g/mol. The summed E-state index contributed by atoms with van der Waals surface area (Å²) in [7, 11) is 0. The highest BCUT2D eigenvalue weighted by Gasteiger charge is 2.23. The molecule has 2 aromatic rings. The van der Waals surface area contributed by atoms with Crippen molar-refractivity contribution in [3.05, 3.63) is 53.6 Å². The lowest BCUT2D eigenvalue weighted by molar-refractivity contribution is -0.138. The zero-order valence-electron chi connectivity index (χ0n) is 14.4. The molecule has 1 aliphatic heterocycles. The summed E-state index contributed by atoms with van der Waals surface area (Å²) in [4.78, 5) is 11.8. The molecule has 2 aromatic carbocycles. The average molecular weight is 342 g/mol. The molecule has 1 unspecified atom stereocenters. The third-order valence-corrected chi connectivity index (χ3v) is 4.04. The number of fused-ring (bicyclic) bond motifs is 1. The lowest BCUT2D eigenvalue weighted by Crippen LogP contribution is -2.14. The summed E-state index contributed by atoms with van der Waals surface area (Å²) in [6.45, 7) is 5.02. The molecule has 0 radical (unpaired) electrons. The normalized spacial score (nSPS) is 13.7. The van der Waals surface area contributed by atoms with Gasteiger partial charge in [0.25, 0.3) is 0 Å². The van der Waals surface area contributed by atoms with Crippen LogP contribution in [0.4, 0.5) is 0 Å². The number of hydrogen-bond acceptors (Lipinski definition) is 4. The minimum atomic E-state index is -0.862. The summed E-state index contributed by atoms with van der Waals surface area (Å²) in [5.74, 6) is 1.01. The zero-order valence-corrected chi connectivity index (χ0v) is 14.4. The number of rotatable bonds is 7. The van der Waals surface area contributed by atoms with Gasteiger partial charge >= 0.3 is 5.97 Å². The minimum absolute atomic E-state index is 0.175. The van der Waals surface area contributed by atoms with E-state index in [-0.39, 0.29) is 6.79 Å². The molecule has 0 aromatic heterocycles. The highest BCUT2D eigenvalue weighted by Crippen LogP contribution is 2.35. The van der Waals surface area contributed by atoms with Gasteiger partial charge in [-0.2, -0.15) is 0 Å². The van der Waals surface area contributed by atoms with Crippen LogP contribution < -0.4 is 14.2 Å². The maximum atomic E-state index is 11.8. The Kier molecular flexibility index (Phi) is 5.12. The van der Waals surface area contributed by atoms with Crippen molar-refractivity contribution in [1.29, 1.82) is 0 Å². The summed E-state index contributed by atoms with van der Waals surface area (Å²) in [5, 5.41) is 9.64. The first-order valence-corrected chi connectivity index (χ1v) is 8.37. The lowest BCUT2D eigenvalue weighted by Gasteiger charge is -2.14. The Morgan fingerprint density at radius 3 is 2.52 bits per heavy atom. The second-order valence-electron chi connectivity index (χ2n) is 6.56. The van der Waals surface area contributed by atoms with Crippen LogP contribution >= 0.6 is 0 Å². The van der Waals surface area contributed by atoms with E-state index >= 15 is 0 Å². The fourth-order valence-electron chi connectivity index (χ4n) is 2.70. The number of carboxylic acid groups (broad SMARTS) is 1. The van der Waals surface area contributed by atoms with Crippen molar-refractivity contribution >= 4 is 5.97 Å². The van der Waals surface area contributed by atoms with Gasteiger partial charge in [-0.05, 0) is 47.7 Å². The number of aliphatic carboxylic acids is 1. The van der Waals surface area contributed by atoms with Gasteiger partial charge in [-0.25, -0.2) is 0 Å². The Labute approximate surface area is 147 Å². The SMILES string of the molecule is CC(C)COc1ccc(CC(C(=O)O)c2ccc3c(c2)OCO3)cc1. The molecule has 0 saturated heterocycles. The second kappa shape index (κ2) is 7.47. The molecule has 0 spiro atoms. The second-order valence-corrected chi connectivity index (χ2v) is 6.56. The van der Waals surface area contributed by atoms with Gasteiger partial charge in [0, 0.05) is 0 Å². The minimum Gasteiger partial charge on any atom is -0.493 e. The fourth-order valence-corrected chi connectivity index (χ4v) is 2.70. The van der Waals surface area contributed by atoms with Crippen molar-refractivity contribution < 1.29 is 24.1 Å². The lowest BCUT2D eigenvalue weighted by atomic mass is 9.92. The number of carbonyl (C=O) groups is 1. The molecule has 5 nitrogen and oxygen atoms in total. The zero-order chi connectivity index (χ0) is 17.8. The van der Waals surface area contributed by atoms with Crippen LogP contribution in [-0.2, 0) is 11.2 Å². The molecule has 1 N–H and O–H groups in total. The Morgan fingerprint density at radius 1 is 1.12 bits per heavy atom. The van der Waals surface area contributed by atoms with Gasteiger partial charge < -0.3 is 19.3 Å². The first-order chi connectivity index (χ1) is 12.0. The van der Waals surface area contributed by atoms with E-state index in [1.165, 1.54) is 0 Å². The van der Waals surface area contributed by atoms with E-state index < -0.39 is 11.9 Å². The average Bonchev–Trinajstić information content (AvgIpc) is 3.06. The van der Waals surface area contributed by atoms with Crippen molar-refractivity contribution in [2.24, 2.45) is 5.92 Å². The van der Waals surface area contributed by atoms with Crippen LogP contribution in [0.3, 0.4) is 0 Å². The van der Waals surface area contributed by atoms with E-state index in [4.69, 9.17) is 14.2 Å². The third kappa shape index (κ3) is 4.24. The van der Waals surface area contributed by atoms with E-state index in [0.29, 0.717) is 36.0 Å². The van der Waals surface area contributed by atoms with Crippen LogP contribution in [0.25, 0.3) is 0 Å². The summed E-state index contributed by atoms with van der Waals surface area (Å²) in [6, 6.07) is 12.9. The molecule has 3 rings (SSSR count). The van der Waals surface area contributed by atoms with E-state index in [2.05, 4.69) is 13.8 Å². The van der Waals surface area contributed by atoms with Crippen LogP contribution in [0, 0.1) is 5.92 Å². The molecule has 1 heterocycles. The van der Waals surface area contributed by atoms with Crippen LogP contribution in [0.2, 0.25) is 0 Å². The Bertz CT molecular complexity index is 736. The first-order valence-electron chi connectivity index (χ1n) is 8.37. The van der Waals surface area contributed by atoms with Crippen molar-refractivity contribution in [3.8, 4) is 17.2 Å². The van der Waals surface area contributed by atoms with Crippen LogP contribution in [0.1, 0.15) is 30.9 Å². The first kappa shape index (κ1) is 17.1. The fraction of sp³-hybridized carbons (Fsp3) is 0.350. The van der Waals surface area contributed by atoms with Crippen molar-refractivity contribution in [3.63, 3.8) is 0 Å². The highest BCUT2D eigenvalue weighted by atomic mass is 16.7. The third-order valence-electron chi connectivity index (χ3n) is 4.04. The smallest absolute Gasteiger partial charge is 0.311 e. The molecule has 0 bridgehead atoms. The van der Waals surface area contributed by atoms with Crippen LogP contribution in [0.5, 0.6) is 17.2 Å². The molecule has 0 fully saturated rings. The summed E-state index contributed by atoms with van der Waals surface area (Å²) in [5.41, 5.74) is 1.65. The van der Waals surface area contributed by atoms with Crippen molar-refractivity contribution in [1.82, 2.24) is 0 Å².